The number of nitrogens with zero attached hydrogens (tertiary/aromatic N) is 2. The average molecular weight is 302 g/mol. The number of aromatic nitrogens is 2. The van der Waals surface area contributed by atoms with Crippen molar-refractivity contribution in [3.63, 3.8) is 0 Å². The predicted octanol–water partition coefficient (Wildman–Crippen LogP) is 3.50. The van der Waals surface area contributed by atoms with Gasteiger partial charge in [0.15, 0.2) is 0 Å². The van der Waals surface area contributed by atoms with Crippen LogP contribution in [0.15, 0.2) is 41.2 Å². The molecule has 0 fully saturated rings. The van der Waals surface area contributed by atoms with E-state index in [1.807, 2.05) is 35.8 Å². The lowest BCUT2D eigenvalue weighted by Gasteiger charge is -2.06. The maximum absolute atomic E-state index is 5.99. The molecule has 3 N–H and O–H groups in total. The van der Waals surface area contributed by atoms with Gasteiger partial charge >= 0.3 is 0 Å². The summed E-state index contributed by atoms with van der Waals surface area (Å²) in [6.07, 6.45) is 0.898. The van der Waals surface area contributed by atoms with Gasteiger partial charge in [0.1, 0.15) is 10.8 Å². The summed E-state index contributed by atoms with van der Waals surface area (Å²) in [5.41, 5.74) is 11.0. The molecular formula is C14H14N4S2. The Hall–Kier alpha value is -1.92. The number of thiazole rings is 1. The Balaban J connectivity index is 1.74. The Kier molecular flexibility index (Phi) is 3.94. The van der Waals surface area contributed by atoms with Gasteiger partial charge in [0.2, 0.25) is 0 Å². The summed E-state index contributed by atoms with van der Waals surface area (Å²) in [6, 6.07) is 10.1. The molecule has 2 aromatic heterocycles. The first-order valence-corrected chi connectivity index (χ1v) is 7.97. The highest BCUT2D eigenvalue weighted by molar-refractivity contribution is 7.11. The summed E-state index contributed by atoms with van der Waals surface area (Å²) in [5, 5.41) is 6.50. The van der Waals surface area contributed by atoms with Crippen LogP contribution in [0.3, 0.4) is 0 Å². The molecule has 0 saturated heterocycles. The Morgan fingerprint density at radius 3 is 2.80 bits per heavy atom. The van der Waals surface area contributed by atoms with Crippen LogP contribution in [0.2, 0.25) is 0 Å². The third-order valence-corrected chi connectivity index (χ3v) is 4.39. The SMILES string of the molecule is Nc1nsc(NCCc2cscn2)c1-c1ccccc1. The molecule has 6 heteroatoms. The van der Waals surface area contributed by atoms with E-state index >= 15 is 0 Å². The lowest BCUT2D eigenvalue weighted by atomic mass is 10.1. The Morgan fingerprint density at radius 1 is 1.20 bits per heavy atom. The fraction of sp³-hybridized carbons (Fsp3) is 0.143. The van der Waals surface area contributed by atoms with Gasteiger partial charge in [-0.25, -0.2) is 4.98 Å². The van der Waals surface area contributed by atoms with Gasteiger partial charge in [-0.2, -0.15) is 4.37 Å². The topological polar surface area (TPSA) is 63.8 Å². The summed E-state index contributed by atoms with van der Waals surface area (Å²) in [5.74, 6) is 0.581. The molecule has 0 aliphatic heterocycles. The summed E-state index contributed by atoms with van der Waals surface area (Å²) in [6.45, 7) is 0.825. The smallest absolute Gasteiger partial charge is 0.147 e. The number of nitrogen functional groups attached to an aromatic ring is 1. The van der Waals surface area contributed by atoms with Crippen molar-refractivity contribution < 1.29 is 0 Å². The lowest BCUT2D eigenvalue weighted by Crippen LogP contribution is -2.04. The molecule has 0 saturated carbocycles. The molecule has 2 heterocycles. The molecule has 1 aromatic carbocycles. The molecule has 0 atom stereocenters. The second-order valence-electron chi connectivity index (χ2n) is 4.29. The summed E-state index contributed by atoms with van der Waals surface area (Å²) < 4.78 is 4.25. The Bertz CT molecular complexity index is 662. The van der Waals surface area contributed by atoms with E-state index in [-0.39, 0.29) is 0 Å². The van der Waals surface area contributed by atoms with Gasteiger partial charge < -0.3 is 11.1 Å². The summed E-state index contributed by atoms with van der Waals surface area (Å²) in [4.78, 5) is 4.27. The van der Waals surface area contributed by atoms with Crippen LogP contribution in [-0.4, -0.2) is 15.9 Å². The molecule has 0 amide bonds. The molecule has 3 rings (SSSR count). The molecule has 0 aliphatic rings. The average Bonchev–Trinajstić information content (AvgIpc) is 3.10. The minimum Gasteiger partial charge on any atom is -0.382 e. The van der Waals surface area contributed by atoms with Crippen LogP contribution in [-0.2, 0) is 6.42 Å². The number of hydrogen-bond acceptors (Lipinski definition) is 6. The quantitative estimate of drug-likeness (QED) is 0.757. The first kappa shape index (κ1) is 13.1. The van der Waals surface area contributed by atoms with Gasteiger partial charge in [-0.05, 0) is 17.1 Å². The summed E-state index contributed by atoms with van der Waals surface area (Å²) in [7, 11) is 0. The van der Waals surface area contributed by atoms with Crippen LogP contribution in [0.4, 0.5) is 10.8 Å². The second-order valence-corrected chi connectivity index (χ2v) is 5.79. The van der Waals surface area contributed by atoms with E-state index in [1.165, 1.54) is 11.5 Å². The number of hydrogen-bond donors (Lipinski definition) is 2. The van der Waals surface area contributed by atoms with Crippen molar-refractivity contribution in [2.45, 2.75) is 6.42 Å². The molecule has 0 spiro atoms. The number of rotatable bonds is 5. The zero-order chi connectivity index (χ0) is 13.8. The van der Waals surface area contributed by atoms with Crippen molar-refractivity contribution in [1.82, 2.24) is 9.36 Å². The molecule has 0 radical (unpaired) electrons. The number of nitrogens with two attached hydrogens (primary N) is 1. The van der Waals surface area contributed by atoms with E-state index in [0.717, 1.165) is 34.8 Å². The predicted molar refractivity (Wildman–Crippen MR) is 86.3 cm³/mol. The van der Waals surface area contributed by atoms with Crippen molar-refractivity contribution in [1.29, 1.82) is 0 Å². The van der Waals surface area contributed by atoms with Gasteiger partial charge in [-0.1, -0.05) is 30.3 Å². The molecule has 0 bridgehead atoms. The molecule has 20 heavy (non-hydrogen) atoms. The number of benzene rings is 1. The van der Waals surface area contributed by atoms with E-state index in [1.54, 1.807) is 11.3 Å². The zero-order valence-electron chi connectivity index (χ0n) is 10.7. The van der Waals surface area contributed by atoms with Crippen LogP contribution in [0.5, 0.6) is 0 Å². The van der Waals surface area contributed by atoms with E-state index in [0.29, 0.717) is 5.82 Å². The van der Waals surface area contributed by atoms with E-state index in [9.17, 15) is 0 Å². The largest absolute Gasteiger partial charge is 0.382 e. The molecular weight excluding hydrogens is 288 g/mol. The van der Waals surface area contributed by atoms with E-state index in [2.05, 4.69) is 20.1 Å². The number of nitrogens with one attached hydrogen (secondary N) is 1. The monoisotopic (exact) mass is 302 g/mol. The molecule has 0 unspecified atom stereocenters. The first-order valence-electron chi connectivity index (χ1n) is 6.26. The standard InChI is InChI=1S/C14H14N4S2/c15-13-12(10-4-2-1-3-5-10)14(20-18-13)16-7-6-11-8-19-9-17-11/h1-5,8-9,16H,6-7H2,(H2,15,18). The van der Waals surface area contributed by atoms with Gasteiger partial charge in [0.05, 0.1) is 16.8 Å². The van der Waals surface area contributed by atoms with Crippen molar-refractivity contribution in [3.8, 4) is 11.1 Å². The fourth-order valence-corrected chi connectivity index (χ4v) is 3.33. The van der Waals surface area contributed by atoms with Crippen LogP contribution in [0, 0.1) is 0 Å². The van der Waals surface area contributed by atoms with Gasteiger partial charge in [0.25, 0.3) is 0 Å². The maximum atomic E-state index is 5.99. The third kappa shape index (κ3) is 2.81. The van der Waals surface area contributed by atoms with Crippen LogP contribution < -0.4 is 11.1 Å². The van der Waals surface area contributed by atoms with Crippen molar-refractivity contribution in [2.24, 2.45) is 0 Å². The Morgan fingerprint density at radius 2 is 2.05 bits per heavy atom. The highest BCUT2D eigenvalue weighted by Crippen LogP contribution is 2.36. The molecule has 102 valence electrons. The lowest BCUT2D eigenvalue weighted by molar-refractivity contribution is 0.981. The Labute approximate surface area is 125 Å². The first-order chi connectivity index (χ1) is 9.84. The van der Waals surface area contributed by atoms with Crippen LogP contribution >= 0.6 is 22.9 Å². The molecule has 0 aliphatic carbocycles. The minimum atomic E-state index is 0.581. The van der Waals surface area contributed by atoms with Gasteiger partial charge in [-0.3, -0.25) is 0 Å². The molecule has 3 aromatic rings. The normalized spacial score (nSPS) is 10.6. The van der Waals surface area contributed by atoms with Crippen LogP contribution in [0.1, 0.15) is 5.69 Å². The highest BCUT2D eigenvalue weighted by atomic mass is 32.1. The highest BCUT2D eigenvalue weighted by Gasteiger charge is 2.12. The van der Waals surface area contributed by atoms with Crippen molar-refractivity contribution in [2.75, 3.05) is 17.6 Å². The van der Waals surface area contributed by atoms with Crippen LogP contribution in [0.25, 0.3) is 11.1 Å². The van der Waals surface area contributed by atoms with Crippen molar-refractivity contribution in [3.05, 3.63) is 46.9 Å². The van der Waals surface area contributed by atoms with E-state index < -0.39 is 0 Å². The maximum Gasteiger partial charge on any atom is 0.147 e. The van der Waals surface area contributed by atoms with E-state index in [4.69, 9.17) is 5.73 Å². The summed E-state index contributed by atoms with van der Waals surface area (Å²) >= 11 is 3.03. The van der Waals surface area contributed by atoms with Gasteiger partial charge in [0, 0.05) is 18.3 Å². The van der Waals surface area contributed by atoms with Crippen molar-refractivity contribution >= 4 is 33.7 Å². The third-order valence-electron chi connectivity index (χ3n) is 2.93. The zero-order valence-corrected chi connectivity index (χ0v) is 12.4. The fourth-order valence-electron chi connectivity index (χ4n) is 1.97. The second kappa shape index (κ2) is 6.02. The van der Waals surface area contributed by atoms with Gasteiger partial charge in [-0.15, -0.1) is 11.3 Å². The minimum absolute atomic E-state index is 0.581. The molecule has 4 nitrogen and oxygen atoms in total. The number of anilines is 2.